The van der Waals surface area contributed by atoms with Crippen LogP contribution in [-0.4, -0.2) is 13.0 Å². The summed E-state index contributed by atoms with van der Waals surface area (Å²) in [6.07, 6.45) is 10.1. The highest BCUT2D eigenvalue weighted by Gasteiger charge is 2.05. The normalized spacial score (nSPS) is 10.4. The second kappa shape index (κ2) is 10.8. The number of unbranched alkanes of at least 4 members (excludes halogenated alkanes) is 5. The summed E-state index contributed by atoms with van der Waals surface area (Å²) in [5.74, 6) is 0. The molecular weight excluding hydrogens is 260 g/mol. The maximum atomic E-state index is 10.4. The summed E-state index contributed by atoms with van der Waals surface area (Å²) in [5, 5.41) is 0. The predicted molar refractivity (Wildman–Crippen MR) is 79.8 cm³/mol. The lowest BCUT2D eigenvalue weighted by Crippen LogP contribution is -1.96. The first kappa shape index (κ1) is 17.9. The third-order valence-corrected chi connectivity index (χ3v) is 3.42. The molecule has 1 aromatic rings. The van der Waals surface area contributed by atoms with E-state index in [1.54, 1.807) is 18.2 Å². The first-order valence-electron chi connectivity index (χ1n) is 6.65. The van der Waals surface area contributed by atoms with Gasteiger partial charge in [-0.15, -0.1) is 6.58 Å². The average molecular weight is 284 g/mol. The molecule has 0 unspecified atom stereocenters. The number of hydrogen-bond acceptors (Lipinski definition) is 2. The smallest absolute Gasteiger partial charge is 0.282 e. The van der Waals surface area contributed by atoms with Crippen LogP contribution < -0.4 is 0 Å². The number of hydrogen-bond donors (Lipinski definition) is 1. The Morgan fingerprint density at radius 3 is 2.11 bits per heavy atom. The maximum Gasteiger partial charge on any atom is 0.294 e. The molecule has 1 aromatic carbocycles. The Labute approximate surface area is 117 Å². The third kappa shape index (κ3) is 10.5. The lowest BCUT2D eigenvalue weighted by atomic mass is 10.1. The van der Waals surface area contributed by atoms with Crippen molar-refractivity contribution in [3.05, 3.63) is 43.0 Å². The minimum Gasteiger partial charge on any atom is -0.282 e. The molecule has 0 amide bonds. The van der Waals surface area contributed by atoms with Crippen LogP contribution in [0.25, 0.3) is 0 Å². The van der Waals surface area contributed by atoms with Crippen molar-refractivity contribution in [1.29, 1.82) is 0 Å². The molecule has 0 aliphatic carbocycles. The van der Waals surface area contributed by atoms with Gasteiger partial charge in [0.05, 0.1) is 4.90 Å². The van der Waals surface area contributed by atoms with E-state index < -0.39 is 10.1 Å². The lowest BCUT2D eigenvalue weighted by molar-refractivity contribution is 0.483. The Kier molecular flexibility index (Phi) is 10.1. The van der Waals surface area contributed by atoms with Crippen molar-refractivity contribution in [2.75, 3.05) is 0 Å². The molecule has 0 spiro atoms. The topological polar surface area (TPSA) is 54.4 Å². The first-order valence-corrected chi connectivity index (χ1v) is 8.09. The van der Waals surface area contributed by atoms with E-state index in [0.29, 0.717) is 0 Å². The van der Waals surface area contributed by atoms with E-state index in [9.17, 15) is 8.42 Å². The molecule has 0 aliphatic heterocycles. The fourth-order valence-corrected chi connectivity index (χ4v) is 1.99. The molecule has 1 N–H and O–H groups in total. The number of benzene rings is 1. The zero-order valence-electron chi connectivity index (χ0n) is 11.6. The fraction of sp³-hybridized carbons (Fsp3) is 0.467. The maximum absolute atomic E-state index is 10.4. The number of allylic oxidation sites excluding steroid dienone is 1. The van der Waals surface area contributed by atoms with Gasteiger partial charge in [-0.05, 0) is 25.0 Å². The van der Waals surface area contributed by atoms with Crippen LogP contribution in [0.4, 0.5) is 0 Å². The summed E-state index contributed by atoms with van der Waals surface area (Å²) in [6.45, 7) is 5.92. The van der Waals surface area contributed by atoms with Gasteiger partial charge in [-0.1, -0.05) is 56.9 Å². The quantitative estimate of drug-likeness (QED) is 0.456. The van der Waals surface area contributed by atoms with Gasteiger partial charge in [0.15, 0.2) is 0 Å². The molecule has 0 bridgehead atoms. The molecule has 0 aromatic heterocycles. The minimum absolute atomic E-state index is 0.0741. The minimum atomic E-state index is -4.00. The molecule has 4 heteroatoms. The zero-order valence-corrected chi connectivity index (χ0v) is 12.4. The summed E-state index contributed by atoms with van der Waals surface area (Å²) < 4.78 is 29.2. The predicted octanol–water partition coefficient (Wildman–Crippen LogP) is 4.47. The molecular formula is C15H24O3S. The van der Waals surface area contributed by atoms with E-state index >= 15 is 0 Å². The molecule has 108 valence electrons. The van der Waals surface area contributed by atoms with E-state index in [1.165, 1.54) is 50.7 Å². The molecule has 0 aliphatic rings. The van der Waals surface area contributed by atoms with Crippen LogP contribution in [0.5, 0.6) is 0 Å². The summed E-state index contributed by atoms with van der Waals surface area (Å²) in [7, 11) is -4.00. The van der Waals surface area contributed by atoms with Gasteiger partial charge in [-0.2, -0.15) is 8.42 Å². The SMILES string of the molecule is C=CCCCCCCC.O=S(=O)(O)c1ccccc1. The van der Waals surface area contributed by atoms with E-state index in [-0.39, 0.29) is 4.90 Å². The highest BCUT2D eigenvalue weighted by molar-refractivity contribution is 7.85. The summed E-state index contributed by atoms with van der Waals surface area (Å²) in [6, 6.07) is 7.42. The van der Waals surface area contributed by atoms with Crippen molar-refractivity contribution in [3.8, 4) is 0 Å². The molecule has 3 nitrogen and oxygen atoms in total. The van der Waals surface area contributed by atoms with Gasteiger partial charge in [0.2, 0.25) is 0 Å². The highest BCUT2D eigenvalue weighted by atomic mass is 32.2. The van der Waals surface area contributed by atoms with Crippen molar-refractivity contribution < 1.29 is 13.0 Å². The average Bonchev–Trinajstić information content (AvgIpc) is 2.40. The Morgan fingerprint density at radius 1 is 1.11 bits per heavy atom. The largest absolute Gasteiger partial charge is 0.294 e. The van der Waals surface area contributed by atoms with Gasteiger partial charge >= 0.3 is 0 Å². The lowest BCUT2D eigenvalue weighted by Gasteiger charge is -1.94. The Hall–Kier alpha value is -1.13. The van der Waals surface area contributed by atoms with E-state index in [0.717, 1.165) is 0 Å². The van der Waals surface area contributed by atoms with Gasteiger partial charge in [-0.3, -0.25) is 4.55 Å². The molecule has 0 atom stereocenters. The Morgan fingerprint density at radius 2 is 1.68 bits per heavy atom. The van der Waals surface area contributed by atoms with Gasteiger partial charge in [0.1, 0.15) is 0 Å². The molecule has 0 radical (unpaired) electrons. The monoisotopic (exact) mass is 284 g/mol. The first-order chi connectivity index (χ1) is 9.02. The molecule has 0 saturated heterocycles. The molecule has 19 heavy (non-hydrogen) atoms. The fourth-order valence-electron chi connectivity index (χ4n) is 1.48. The zero-order chi connectivity index (χ0) is 14.6. The van der Waals surface area contributed by atoms with Crippen LogP contribution in [-0.2, 0) is 10.1 Å². The Balaban J connectivity index is 0.000000344. The van der Waals surface area contributed by atoms with Crippen molar-refractivity contribution in [2.24, 2.45) is 0 Å². The van der Waals surface area contributed by atoms with Gasteiger partial charge in [0, 0.05) is 0 Å². The number of rotatable bonds is 7. The van der Waals surface area contributed by atoms with Crippen LogP contribution in [0.3, 0.4) is 0 Å². The van der Waals surface area contributed by atoms with Crippen LogP contribution in [0.1, 0.15) is 45.4 Å². The standard InChI is InChI=1S/C9H18.C6H6O3S/c1-3-5-7-9-8-6-4-2;7-10(8,9)6-4-2-1-3-5-6/h3H,1,4-9H2,2H3;1-5H,(H,7,8,9). The second-order valence-electron chi connectivity index (χ2n) is 4.28. The van der Waals surface area contributed by atoms with Crippen molar-refractivity contribution in [1.82, 2.24) is 0 Å². The van der Waals surface area contributed by atoms with E-state index in [1.807, 2.05) is 6.08 Å². The third-order valence-electron chi connectivity index (χ3n) is 2.55. The molecule has 0 saturated carbocycles. The van der Waals surface area contributed by atoms with Crippen LogP contribution >= 0.6 is 0 Å². The van der Waals surface area contributed by atoms with Gasteiger partial charge in [0.25, 0.3) is 10.1 Å². The van der Waals surface area contributed by atoms with Crippen LogP contribution in [0.15, 0.2) is 47.9 Å². The summed E-state index contributed by atoms with van der Waals surface area (Å²) >= 11 is 0. The molecule has 0 heterocycles. The second-order valence-corrected chi connectivity index (χ2v) is 5.70. The molecule has 0 fully saturated rings. The van der Waals surface area contributed by atoms with Crippen molar-refractivity contribution in [3.63, 3.8) is 0 Å². The van der Waals surface area contributed by atoms with Gasteiger partial charge < -0.3 is 0 Å². The van der Waals surface area contributed by atoms with Crippen molar-refractivity contribution >= 4 is 10.1 Å². The summed E-state index contributed by atoms with van der Waals surface area (Å²) in [5.41, 5.74) is 0. The Bertz CT molecular complexity index is 424. The van der Waals surface area contributed by atoms with Crippen LogP contribution in [0, 0.1) is 0 Å². The van der Waals surface area contributed by atoms with Gasteiger partial charge in [-0.25, -0.2) is 0 Å². The van der Waals surface area contributed by atoms with Crippen LogP contribution in [0.2, 0.25) is 0 Å². The van der Waals surface area contributed by atoms with E-state index in [4.69, 9.17) is 4.55 Å². The highest BCUT2D eigenvalue weighted by Crippen LogP contribution is 2.05. The molecule has 1 rings (SSSR count). The van der Waals surface area contributed by atoms with Crippen molar-refractivity contribution in [2.45, 2.75) is 50.3 Å². The van der Waals surface area contributed by atoms with E-state index in [2.05, 4.69) is 13.5 Å². The summed E-state index contributed by atoms with van der Waals surface area (Å²) in [4.78, 5) is -0.0741.